The van der Waals surface area contributed by atoms with Crippen molar-refractivity contribution in [3.63, 3.8) is 0 Å². The molecule has 0 radical (unpaired) electrons. The number of carbonyl (C=O) groups excluding carboxylic acids is 2. The Hall–Kier alpha value is -2.19. The van der Waals surface area contributed by atoms with Crippen LogP contribution < -0.4 is 4.74 Å². The first kappa shape index (κ1) is 33.8. The van der Waals surface area contributed by atoms with Gasteiger partial charge in [0.2, 0.25) is 0 Å². The number of alkyl halides is 15. The topological polar surface area (TPSA) is 61.8 Å². The summed E-state index contributed by atoms with van der Waals surface area (Å²) in [7, 11) is 0. The summed E-state index contributed by atoms with van der Waals surface area (Å²) in [5, 5.41) is -3.16. The lowest BCUT2D eigenvalue weighted by Gasteiger charge is -2.37. The molecule has 0 aliphatic carbocycles. The minimum Gasteiger partial charge on any atom is -0.428 e. The van der Waals surface area contributed by atoms with E-state index in [4.69, 9.17) is 23.2 Å². The Morgan fingerprint density at radius 1 is 0.763 bits per heavy atom. The van der Waals surface area contributed by atoms with Crippen LogP contribution in [0.15, 0.2) is 18.2 Å². The van der Waals surface area contributed by atoms with Gasteiger partial charge in [0, 0.05) is 5.56 Å². The molecule has 38 heavy (non-hydrogen) atoms. The number of rotatable bonds is 12. The Bertz CT molecular complexity index is 1050. The Labute approximate surface area is 208 Å². The van der Waals surface area contributed by atoms with Crippen LogP contribution in [-0.2, 0) is 9.47 Å². The molecule has 22 heteroatoms. The van der Waals surface area contributed by atoms with E-state index in [-0.39, 0.29) is 6.07 Å². The van der Waals surface area contributed by atoms with Crippen molar-refractivity contribution in [1.82, 2.24) is 0 Å². The molecule has 0 N–H and O–H groups in total. The summed E-state index contributed by atoms with van der Waals surface area (Å²) in [6.07, 6.45) is -39.4. The minimum atomic E-state index is -7.64. The monoisotopic (exact) mass is 632 g/mol. The zero-order valence-corrected chi connectivity index (χ0v) is 18.4. The van der Waals surface area contributed by atoms with Crippen LogP contribution in [0.5, 0.6) is 5.75 Å². The molecule has 0 aromatic heterocycles. The maximum atomic E-state index is 14.0. The van der Waals surface area contributed by atoms with Gasteiger partial charge >= 0.3 is 49.1 Å². The van der Waals surface area contributed by atoms with E-state index in [2.05, 4.69) is 9.47 Å². The van der Waals surface area contributed by atoms with Crippen molar-refractivity contribution in [3.8, 4) is 5.75 Å². The lowest BCUT2D eigenvalue weighted by Crippen LogP contribution is -2.63. The van der Waals surface area contributed by atoms with Crippen molar-refractivity contribution in [2.75, 3.05) is 0 Å². The van der Waals surface area contributed by atoms with E-state index < -0.39 is 76.4 Å². The maximum Gasteiger partial charge on any atom is 0.462 e. The van der Waals surface area contributed by atoms with Crippen molar-refractivity contribution < 1.29 is 89.7 Å². The maximum absolute atomic E-state index is 14.0. The van der Waals surface area contributed by atoms with Gasteiger partial charge in [0.15, 0.2) is 0 Å². The van der Waals surface area contributed by atoms with E-state index in [9.17, 15) is 75.4 Å². The molecule has 0 saturated heterocycles. The third-order valence-electron chi connectivity index (χ3n) is 3.86. The second kappa shape index (κ2) is 10.8. The van der Waals surface area contributed by atoms with Gasteiger partial charge in [-0.3, -0.25) is 19.1 Å². The zero-order chi connectivity index (χ0) is 30.3. The standard InChI is InChI=1S/C16H5Cl2F15O5/c17-7(34)4-1-2-5(8(18)35)6(3-4)36-12(23,24)10(21)37-15(30,31)11(22,9(19)20)38-16(32,33)13(25,26)14(27,28)29/h1-3,9-10H. The van der Waals surface area contributed by atoms with E-state index in [0.717, 1.165) is 0 Å². The molecule has 2 unspecified atom stereocenters. The molecule has 1 aromatic rings. The molecular weight excluding hydrogens is 628 g/mol. The molecule has 0 fully saturated rings. The van der Waals surface area contributed by atoms with Gasteiger partial charge in [-0.05, 0) is 41.4 Å². The van der Waals surface area contributed by atoms with Crippen LogP contribution in [0.25, 0.3) is 0 Å². The Morgan fingerprint density at radius 3 is 1.66 bits per heavy atom. The van der Waals surface area contributed by atoms with Crippen LogP contribution in [0.2, 0.25) is 0 Å². The number of ether oxygens (including phenoxy) is 3. The highest BCUT2D eigenvalue weighted by Gasteiger charge is 2.80. The van der Waals surface area contributed by atoms with Crippen molar-refractivity contribution in [1.29, 1.82) is 0 Å². The third-order valence-corrected chi connectivity index (χ3v) is 4.28. The van der Waals surface area contributed by atoms with Crippen LogP contribution in [0, 0.1) is 0 Å². The molecule has 0 aliphatic rings. The van der Waals surface area contributed by atoms with Crippen LogP contribution >= 0.6 is 23.2 Å². The van der Waals surface area contributed by atoms with Gasteiger partial charge in [0.05, 0.1) is 5.56 Å². The van der Waals surface area contributed by atoms with Crippen LogP contribution in [-0.4, -0.2) is 59.5 Å². The largest absolute Gasteiger partial charge is 0.462 e. The van der Waals surface area contributed by atoms with E-state index in [0.29, 0.717) is 12.1 Å². The highest BCUT2D eigenvalue weighted by atomic mass is 35.5. The van der Waals surface area contributed by atoms with Crippen LogP contribution in [0.3, 0.4) is 0 Å². The molecule has 1 rings (SSSR count). The highest BCUT2D eigenvalue weighted by molar-refractivity contribution is 6.68. The van der Waals surface area contributed by atoms with Crippen molar-refractivity contribution >= 4 is 33.7 Å². The number of hydrogen-bond acceptors (Lipinski definition) is 5. The molecule has 0 bridgehead atoms. The molecule has 2 atom stereocenters. The van der Waals surface area contributed by atoms with E-state index >= 15 is 0 Å². The summed E-state index contributed by atoms with van der Waals surface area (Å²) < 4.78 is 205. The fourth-order valence-corrected chi connectivity index (χ4v) is 2.28. The Balaban J connectivity index is 3.40. The fourth-order valence-electron chi connectivity index (χ4n) is 2.01. The van der Waals surface area contributed by atoms with Gasteiger partial charge in [-0.1, -0.05) is 0 Å². The predicted molar refractivity (Wildman–Crippen MR) is 90.2 cm³/mol. The van der Waals surface area contributed by atoms with Crippen molar-refractivity contribution in [3.05, 3.63) is 29.3 Å². The van der Waals surface area contributed by atoms with Gasteiger partial charge in [-0.25, -0.2) is 13.2 Å². The third kappa shape index (κ3) is 6.68. The predicted octanol–water partition coefficient (Wildman–Crippen LogP) is 7.06. The summed E-state index contributed by atoms with van der Waals surface area (Å²) in [6.45, 7) is 0. The van der Waals surface area contributed by atoms with Gasteiger partial charge in [0.1, 0.15) is 5.75 Å². The molecule has 0 heterocycles. The quantitative estimate of drug-likeness (QED) is 0.182. The van der Waals surface area contributed by atoms with E-state index in [1.165, 1.54) is 0 Å². The number of carbonyl (C=O) groups is 2. The van der Waals surface area contributed by atoms with Crippen LogP contribution in [0.1, 0.15) is 20.7 Å². The Morgan fingerprint density at radius 2 is 1.26 bits per heavy atom. The van der Waals surface area contributed by atoms with Crippen molar-refractivity contribution in [2.45, 2.75) is 49.1 Å². The smallest absolute Gasteiger partial charge is 0.428 e. The molecule has 5 nitrogen and oxygen atoms in total. The molecule has 218 valence electrons. The van der Waals surface area contributed by atoms with Gasteiger partial charge in [0.25, 0.3) is 10.5 Å². The van der Waals surface area contributed by atoms with Gasteiger partial charge in [-0.15, -0.1) is 0 Å². The molecular formula is C16H5Cl2F15O5. The first-order valence-electron chi connectivity index (χ1n) is 8.53. The lowest BCUT2D eigenvalue weighted by atomic mass is 10.1. The van der Waals surface area contributed by atoms with Crippen molar-refractivity contribution in [2.24, 2.45) is 0 Å². The molecule has 0 amide bonds. The average molecular weight is 633 g/mol. The first-order chi connectivity index (χ1) is 16.7. The van der Waals surface area contributed by atoms with Gasteiger partial charge in [-0.2, -0.15) is 52.7 Å². The summed E-state index contributed by atoms with van der Waals surface area (Å²) in [5.41, 5.74) is -1.97. The fraction of sp³-hybridized carbons (Fsp3) is 0.500. The zero-order valence-electron chi connectivity index (χ0n) is 16.9. The summed E-state index contributed by atoms with van der Waals surface area (Å²) >= 11 is 10.0. The SMILES string of the molecule is O=C(Cl)c1ccc(C(=O)Cl)c(OC(F)(F)C(F)OC(F)(F)C(F)(OC(F)(F)C(F)(F)C(F)(F)F)C(F)F)c1. The summed E-state index contributed by atoms with van der Waals surface area (Å²) in [4.78, 5) is 22.3. The second-order valence-corrected chi connectivity index (χ2v) is 7.20. The van der Waals surface area contributed by atoms with Gasteiger partial charge < -0.3 is 4.74 Å². The van der Waals surface area contributed by atoms with Crippen LogP contribution in [0.4, 0.5) is 65.9 Å². The number of benzene rings is 1. The van der Waals surface area contributed by atoms with E-state index in [1.807, 2.05) is 0 Å². The molecule has 0 saturated carbocycles. The minimum absolute atomic E-state index is 0.116. The summed E-state index contributed by atoms with van der Waals surface area (Å²) in [5.74, 6) is -16.4. The summed E-state index contributed by atoms with van der Waals surface area (Å²) in [6, 6.07) is 1.19. The second-order valence-electron chi connectivity index (χ2n) is 6.51. The average Bonchev–Trinajstić information content (AvgIpc) is 2.71. The van der Waals surface area contributed by atoms with E-state index in [1.54, 1.807) is 4.74 Å². The Kier molecular flexibility index (Phi) is 9.58. The molecule has 0 aliphatic heterocycles. The molecule has 1 aromatic carbocycles. The number of hydrogen-bond donors (Lipinski definition) is 0. The first-order valence-corrected chi connectivity index (χ1v) is 9.29. The highest BCUT2D eigenvalue weighted by Crippen LogP contribution is 2.52. The normalized spacial score (nSPS) is 16.3. The number of halogens is 17. The molecule has 0 spiro atoms. The lowest BCUT2D eigenvalue weighted by molar-refractivity contribution is -0.519.